The van der Waals surface area contributed by atoms with Gasteiger partial charge in [-0.15, -0.1) is 0 Å². The maximum atomic E-state index is 3.63. The van der Waals surface area contributed by atoms with E-state index in [0.717, 1.165) is 0 Å². The van der Waals surface area contributed by atoms with Crippen LogP contribution in [0.25, 0.3) is 6.08 Å². The number of hydrogen-bond acceptors (Lipinski definition) is 0. The van der Waals surface area contributed by atoms with Gasteiger partial charge in [-0.3, -0.25) is 0 Å². The first-order valence-corrected chi connectivity index (χ1v) is 3.76. The molecule has 1 heteroatoms. The molecular formula is C12H16Te. The van der Waals surface area contributed by atoms with Gasteiger partial charge >= 0.3 is 23.7 Å². The quantitative estimate of drug-likeness (QED) is 0.580. The van der Waals surface area contributed by atoms with Crippen LogP contribution in [-0.2, 0) is 0 Å². The molecule has 1 aromatic rings. The van der Waals surface area contributed by atoms with E-state index in [0.29, 0.717) is 0 Å². The number of rotatable bonds is 2. The predicted molar refractivity (Wildman–Crippen MR) is 65.5 cm³/mol. The Balaban J connectivity index is 0. The molecule has 0 aliphatic heterocycles. The van der Waals surface area contributed by atoms with Crippen molar-refractivity contribution in [3.63, 3.8) is 0 Å². The molecule has 0 heterocycles. The summed E-state index contributed by atoms with van der Waals surface area (Å²) in [6.45, 7) is 10.4. The third kappa shape index (κ3) is 9.14. The first-order chi connectivity index (χ1) is 5.85. The van der Waals surface area contributed by atoms with E-state index >= 15 is 0 Å². The summed E-state index contributed by atoms with van der Waals surface area (Å²) in [6, 6.07) is 10.0. The van der Waals surface area contributed by atoms with Crippen molar-refractivity contribution in [3.8, 4) is 0 Å². The number of hydrogen-bond donors (Lipinski definition) is 0. The van der Waals surface area contributed by atoms with Crippen LogP contribution in [0.15, 0.2) is 62.2 Å². The zero-order valence-corrected chi connectivity index (χ0v) is 10.6. The van der Waals surface area contributed by atoms with E-state index in [9.17, 15) is 0 Å². The summed E-state index contributed by atoms with van der Waals surface area (Å²) in [4.78, 5) is 0. The molecule has 0 radical (unpaired) electrons. The van der Waals surface area contributed by atoms with Crippen molar-refractivity contribution in [1.29, 1.82) is 0 Å². The molecule has 70 valence electrons. The molecular weight excluding hydrogens is 272 g/mol. The van der Waals surface area contributed by atoms with Crippen molar-refractivity contribution in [2.75, 3.05) is 0 Å². The number of allylic oxidation sites excluding steroid dienone is 2. The molecule has 0 atom stereocenters. The standard InChI is InChI=1S/C8H8.C4H6.H2Te/c1-2-8-6-4-3-5-7-8;1-3-4-2;/h2-7H,1H2;3-4H,1-2H2;1H2. The van der Waals surface area contributed by atoms with Gasteiger partial charge < -0.3 is 0 Å². The van der Waals surface area contributed by atoms with Gasteiger partial charge in [-0.1, -0.05) is 68.3 Å². The Bertz CT molecular complexity index is 231. The zero-order valence-electron chi connectivity index (χ0n) is 7.74. The molecule has 0 N–H and O–H groups in total. The van der Waals surface area contributed by atoms with E-state index in [1.54, 1.807) is 12.2 Å². The summed E-state index contributed by atoms with van der Waals surface area (Å²) in [5, 5.41) is 0. The van der Waals surface area contributed by atoms with E-state index < -0.39 is 0 Å². The van der Waals surface area contributed by atoms with E-state index in [2.05, 4.69) is 19.7 Å². The first-order valence-electron chi connectivity index (χ1n) is 3.76. The molecule has 1 aromatic carbocycles. The van der Waals surface area contributed by atoms with Gasteiger partial charge in [-0.05, 0) is 5.56 Å². The second-order valence-corrected chi connectivity index (χ2v) is 2.09. The van der Waals surface area contributed by atoms with Crippen molar-refractivity contribution in [2.24, 2.45) is 0 Å². The van der Waals surface area contributed by atoms with Crippen LogP contribution >= 0.6 is 0 Å². The fourth-order valence-corrected chi connectivity index (χ4v) is 0.589. The average molecular weight is 288 g/mol. The van der Waals surface area contributed by atoms with E-state index in [1.165, 1.54) is 5.56 Å². The van der Waals surface area contributed by atoms with Gasteiger partial charge in [0.25, 0.3) is 0 Å². The topological polar surface area (TPSA) is 0 Å². The van der Waals surface area contributed by atoms with E-state index in [4.69, 9.17) is 0 Å². The predicted octanol–water partition coefficient (Wildman–Crippen LogP) is 2.77. The molecule has 0 unspecified atom stereocenters. The second-order valence-electron chi connectivity index (χ2n) is 2.09. The van der Waals surface area contributed by atoms with E-state index in [1.807, 2.05) is 36.4 Å². The molecule has 0 aromatic heterocycles. The fourth-order valence-electron chi connectivity index (χ4n) is 0.589. The summed E-state index contributed by atoms with van der Waals surface area (Å²) in [6.07, 6.45) is 5.11. The Morgan fingerprint density at radius 2 is 1.31 bits per heavy atom. The van der Waals surface area contributed by atoms with Crippen molar-refractivity contribution >= 4 is 29.7 Å². The normalized spacial score (nSPS) is 6.77. The Morgan fingerprint density at radius 3 is 1.54 bits per heavy atom. The minimum absolute atomic E-state index is 0. The van der Waals surface area contributed by atoms with Crippen LogP contribution in [0.2, 0.25) is 0 Å². The second kappa shape index (κ2) is 11.2. The van der Waals surface area contributed by atoms with E-state index in [-0.39, 0.29) is 23.7 Å². The summed E-state index contributed by atoms with van der Waals surface area (Å²) in [5.74, 6) is 0. The molecule has 13 heavy (non-hydrogen) atoms. The molecule has 0 nitrogen and oxygen atoms in total. The molecule has 0 spiro atoms. The summed E-state index contributed by atoms with van der Waals surface area (Å²) in [7, 11) is 0. The van der Waals surface area contributed by atoms with Crippen LogP contribution in [0.1, 0.15) is 5.56 Å². The molecule has 0 aliphatic carbocycles. The summed E-state index contributed by atoms with van der Waals surface area (Å²) >= 11 is 0. The molecule has 0 aliphatic rings. The summed E-state index contributed by atoms with van der Waals surface area (Å²) in [5.41, 5.74) is 1.17. The molecule has 0 amide bonds. The third-order valence-corrected chi connectivity index (χ3v) is 1.20. The van der Waals surface area contributed by atoms with Crippen LogP contribution in [0, 0.1) is 0 Å². The molecule has 0 bridgehead atoms. The maximum absolute atomic E-state index is 3.63. The van der Waals surface area contributed by atoms with Gasteiger partial charge in [-0.25, -0.2) is 0 Å². The monoisotopic (exact) mass is 290 g/mol. The van der Waals surface area contributed by atoms with Crippen molar-refractivity contribution in [1.82, 2.24) is 0 Å². The third-order valence-electron chi connectivity index (χ3n) is 1.20. The van der Waals surface area contributed by atoms with Gasteiger partial charge in [0.2, 0.25) is 0 Å². The Hall–Kier alpha value is -0.770. The molecule has 0 saturated heterocycles. The van der Waals surface area contributed by atoms with Crippen LogP contribution in [0.5, 0.6) is 0 Å². The number of benzene rings is 1. The van der Waals surface area contributed by atoms with Crippen molar-refractivity contribution < 1.29 is 0 Å². The summed E-state index contributed by atoms with van der Waals surface area (Å²) < 4.78 is 0. The van der Waals surface area contributed by atoms with Gasteiger partial charge in [0, 0.05) is 0 Å². The van der Waals surface area contributed by atoms with Crippen molar-refractivity contribution in [2.45, 2.75) is 0 Å². The molecule has 0 saturated carbocycles. The molecule has 1 rings (SSSR count). The SMILES string of the molecule is C=CC=C.C=Cc1ccccc1.[TeH2]. The Kier molecular flexibility index (Phi) is 12.7. The average Bonchev–Trinajstić information content (AvgIpc) is 2.19. The minimum atomic E-state index is 0. The van der Waals surface area contributed by atoms with Crippen LogP contribution < -0.4 is 0 Å². The Morgan fingerprint density at radius 1 is 0.846 bits per heavy atom. The van der Waals surface area contributed by atoms with Gasteiger partial charge in [0.05, 0.1) is 0 Å². The van der Waals surface area contributed by atoms with Gasteiger partial charge in [-0.2, -0.15) is 0 Å². The Labute approximate surface area is 97.4 Å². The first kappa shape index (κ1) is 14.7. The fraction of sp³-hybridized carbons (Fsp3) is 0. The van der Waals surface area contributed by atoms with Crippen LogP contribution in [0.4, 0.5) is 0 Å². The van der Waals surface area contributed by atoms with Crippen LogP contribution in [0.3, 0.4) is 0 Å². The van der Waals surface area contributed by atoms with Crippen molar-refractivity contribution in [3.05, 3.63) is 67.8 Å². The van der Waals surface area contributed by atoms with Crippen LogP contribution in [-0.4, -0.2) is 23.7 Å². The van der Waals surface area contributed by atoms with Gasteiger partial charge in [0.1, 0.15) is 0 Å². The zero-order chi connectivity index (χ0) is 9.23. The van der Waals surface area contributed by atoms with Gasteiger partial charge in [0.15, 0.2) is 0 Å². The molecule has 0 fully saturated rings.